The Balaban J connectivity index is 2.47. The third-order valence-corrected chi connectivity index (χ3v) is 2.34. The minimum atomic E-state index is -4.33. The summed E-state index contributed by atoms with van der Waals surface area (Å²) in [6.45, 7) is 0.180. The van der Waals surface area contributed by atoms with Gasteiger partial charge in [0.15, 0.2) is 0 Å². The molecule has 0 atom stereocenters. The second-order valence-electron chi connectivity index (χ2n) is 3.75. The molecule has 0 aliphatic rings. The molecule has 1 aromatic rings. The summed E-state index contributed by atoms with van der Waals surface area (Å²) in [5, 5.41) is 4.77. The molecule has 0 fully saturated rings. The summed E-state index contributed by atoms with van der Waals surface area (Å²) in [6.07, 6.45) is -4.33. The van der Waals surface area contributed by atoms with Crippen molar-refractivity contribution in [3.8, 4) is 0 Å². The predicted molar refractivity (Wildman–Crippen MR) is 63.7 cm³/mol. The largest absolute Gasteiger partial charge is 0.401 e. The van der Waals surface area contributed by atoms with Gasteiger partial charge in [-0.25, -0.2) is 0 Å². The summed E-state index contributed by atoms with van der Waals surface area (Å²) < 4.78 is 35.5. The van der Waals surface area contributed by atoms with E-state index < -0.39 is 25.2 Å². The van der Waals surface area contributed by atoms with Crippen molar-refractivity contribution in [3.63, 3.8) is 0 Å². The van der Waals surface area contributed by atoms with Gasteiger partial charge in [-0.1, -0.05) is 17.7 Å². The van der Waals surface area contributed by atoms with Gasteiger partial charge in [-0.2, -0.15) is 13.2 Å². The summed E-state index contributed by atoms with van der Waals surface area (Å²) in [5.41, 5.74) is 1.27. The highest BCUT2D eigenvalue weighted by molar-refractivity contribution is 6.33. The number of anilines is 1. The van der Waals surface area contributed by atoms with Gasteiger partial charge in [-0.3, -0.25) is 4.79 Å². The smallest absolute Gasteiger partial charge is 0.324 e. The Morgan fingerprint density at radius 3 is 2.67 bits per heavy atom. The van der Waals surface area contributed by atoms with Crippen LogP contribution in [0.2, 0.25) is 5.02 Å². The van der Waals surface area contributed by atoms with E-state index in [0.717, 1.165) is 5.56 Å². The number of hydrogen-bond acceptors (Lipinski definition) is 2. The van der Waals surface area contributed by atoms with Crippen molar-refractivity contribution in [1.82, 2.24) is 5.32 Å². The standard InChI is InChI=1S/C11H12ClF3N2O/c1-7-2-3-8(12)9(4-7)17-10(18)5-16-6-11(13,14)15/h2-4,16H,5-6H2,1H3,(H,17,18). The maximum atomic E-state index is 11.8. The van der Waals surface area contributed by atoms with Gasteiger partial charge in [-0.05, 0) is 24.6 Å². The summed E-state index contributed by atoms with van der Waals surface area (Å²) in [4.78, 5) is 11.4. The van der Waals surface area contributed by atoms with Crippen LogP contribution in [0.1, 0.15) is 5.56 Å². The van der Waals surface area contributed by atoms with Crippen molar-refractivity contribution < 1.29 is 18.0 Å². The Morgan fingerprint density at radius 1 is 1.39 bits per heavy atom. The molecule has 1 aromatic carbocycles. The summed E-state index contributed by atoms with van der Waals surface area (Å²) >= 11 is 5.83. The average molecular weight is 281 g/mol. The second-order valence-corrected chi connectivity index (χ2v) is 4.16. The van der Waals surface area contributed by atoms with Gasteiger partial charge >= 0.3 is 6.18 Å². The van der Waals surface area contributed by atoms with Crippen LogP contribution in [0.3, 0.4) is 0 Å². The van der Waals surface area contributed by atoms with Crippen LogP contribution < -0.4 is 10.6 Å². The van der Waals surface area contributed by atoms with Gasteiger partial charge in [-0.15, -0.1) is 0 Å². The molecule has 3 nitrogen and oxygen atoms in total. The number of hydrogen-bond donors (Lipinski definition) is 2. The highest BCUT2D eigenvalue weighted by atomic mass is 35.5. The molecular formula is C11H12ClF3N2O. The van der Waals surface area contributed by atoms with E-state index in [1.165, 1.54) is 0 Å². The van der Waals surface area contributed by atoms with Crippen LogP contribution in [-0.2, 0) is 4.79 Å². The maximum Gasteiger partial charge on any atom is 0.401 e. The van der Waals surface area contributed by atoms with Crippen LogP contribution in [0, 0.1) is 6.92 Å². The molecule has 0 unspecified atom stereocenters. The minimum Gasteiger partial charge on any atom is -0.324 e. The molecule has 0 aliphatic carbocycles. The Labute approximate surface area is 107 Å². The summed E-state index contributed by atoms with van der Waals surface area (Å²) in [7, 11) is 0. The second kappa shape index (κ2) is 6.06. The Hall–Kier alpha value is -1.27. The monoisotopic (exact) mass is 280 g/mol. The molecule has 18 heavy (non-hydrogen) atoms. The van der Waals surface area contributed by atoms with Crippen molar-refractivity contribution in [2.75, 3.05) is 18.4 Å². The van der Waals surface area contributed by atoms with Gasteiger partial charge in [0.25, 0.3) is 0 Å². The van der Waals surface area contributed by atoms with Crippen LogP contribution >= 0.6 is 11.6 Å². The van der Waals surface area contributed by atoms with E-state index in [2.05, 4.69) is 5.32 Å². The fraction of sp³-hybridized carbons (Fsp3) is 0.364. The molecule has 0 bridgehead atoms. The fourth-order valence-electron chi connectivity index (χ4n) is 1.25. The van der Waals surface area contributed by atoms with E-state index in [0.29, 0.717) is 10.7 Å². The van der Waals surface area contributed by atoms with Crippen LogP contribution in [0.5, 0.6) is 0 Å². The molecule has 0 aromatic heterocycles. The molecule has 0 saturated heterocycles. The van der Waals surface area contributed by atoms with E-state index in [1.54, 1.807) is 18.2 Å². The third-order valence-electron chi connectivity index (χ3n) is 2.01. The van der Waals surface area contributed by atoms with Gasteiger partial charge in [0.2, 0.25) is 5.91 Å². The lowest BCUT2D eigenvalue weighted by Gasteiger charge is -2.10. The number of nitrogens with one attached hydrogen (secondary N) is 2. The quantitative estimate of drug-likeness (QED) is 0.890. The van der Waals surface area contributed by atoms with Crippen molar-refractivity contribution in [1.29, 1.82) is 0 Å². The molecule has 0 radical (unpaired) electrons. The number of amides is 1. The average Bonchev–Trinajstić information content (AvgIpc) is 2.21. The van der Waals surface area contributed by atoms with Crippen LogP contribution in [0.15, 0.2) is 18.2 Å². The number of halogens is 4. The van der Waals surface area contributed by atoms with E-state index >= 15 is 0 Å². The highest BCUT2D eigenvalue weighted by Gasteiger charge is 2.26. The molecule has 0 aliphatic heterocycles. The normalized spacial score (nSPS) is 11.4. The zero-order valence-corrected chi connectivity index (χ0v) is 10.3. The Kier molecular flexibility index (Phi) is 4.98. The summed E-state index contributed by atoms with van der Waals surface area (Å²) in [6, 6.07) is 5.01. The molecule has 1 rings (SSSR count). The van der Waals surface area contributed by atoms with Crippen molar-refractivity contribution in [3.05, 3.63) is 28.8 Å². The molecule has 2 N–H and O–H groups in total. The molecule has 1 amide bonds. The number of aryl methyl sites for hydroxylation is 1. The van der Waals surface area contributed by atoms with E-state index in [9.17, 15) is 18.0 Å². The van der Waals surface area contributed by atoms with Crippen LogP contribution in [0.25, 0.3) is 0 Å². The first-order valence-electron chi connectivity index (χ1n) is 5.11. The number of rotatable bonds is 4. The molecular weight excluding hydrogens is 269 g/mol. The van der Waals surface area contributed by atoms with Crippen LogP contribution in [0.4, 0.5) is 18.9 Å². The van der Waals surface area contributed by atoms with Gasteiger partial charge < -0.3 is 10.6 Å². The zero-order chi connectivity index (χ0) is 13.8. The molecule has 0 heterocycles. The number of alkyl halides is 3. The predicted octanol–water partition coefficient (Wildman–Crippen LogP) is 2.74. The van der Waals surface area contributed by atoms with Crippen molar-refractivity contribution >= 4 is 23.2 Å². The lowest BCUT2D eigenvalue weighted by atomic mass is 10.2. The van der Waals surface area contributed by atoms with Crippen LogP contribution in [-0.4, -0.2) is 25.2 Å². The maximum absolute atomic E-state index is 11.8. The zero-order valence-electron chi connectivity index (χ0n) is 9.57. The van der Waals surface area contributed by atoms with Crippen molar-refractivity contribution in [2.24, 2.45) is 0 Å². The summed E-state index contributed by atoms with van der Waals surface area (Å²) in [5.74, 6) is -0.577. The molecule has 0 spiro atoms. The Morgan fingerprint density at radius 2 is 2.06 bits per heavy atom. The first-order valence-corrected chi connectivity index (χ1v) is 5.49. The Bertz CT molecular complexity index is 435. The highest BCUT2D eigenvalue weighted by Crippen LogP contribution is 2.22. The number of carbonyl (C=O) groups is 1. The minimum absolute atomic E-state index is 0.338. The van der Waals surface area contributed by atoms with Gasteiger partial charge in [0.1, 0.15) is 0 Å². The van der Waals surface area contributed by atoms with Gasteiger partial charge in [0, 0.05) is 0 Å². The lowest BCUT2D eigenvalue weighted by Crippen LogP contribution is -2.35. The van der Waals surface area contributed by atoms with Crippen molar-refractivity contribution in [2.45, 2.75) is 13.1 Å². The van der Waals surface area contributed by atoms with Gasteiger partial charge in [0.05, 0.1) is 23.8 Å². The molecule has 7 heteroatoms. The molecule has 0 saturated carbocycles. The fourth-order valence-corrected chi connectivity index (χ4v) is 1.41. The van der Waals surface area contributed by atoms with E-state index in [4.69, 9.17) is 11.6 Å². The SMILES string of the molecule is Cc1ccc(Cl)c(NC(=O)CNCC(F)(F)F)c1. The van der Waals surface area contributed by atoms with E-state index in [1.807, 2.05) is 12.2 Å². The first kappa shape index (κ1) is 14.8. The lowest BCUT2D eigenvalue weighted by molar-refractivity contribution is -0.126. The molecule has 100 valence electrons. The topological polar surface area (TPSA) is 41.1 Å². The first-order chi connectivity index (χ1) is 8.28. The number of benzene rings is 1. The third kappa shape index (κ3) is 5.37. The van der Waals surface area contributed by atoms with E-state index in [-0.39, 0.29) is 0 Å². The number of carbonyl (C=O) groups excluding carboxylic acids is 1.